The highest BCUT2D eigenvalue weighted by molar-refractivity contribution is 7.25. The lowest BCUT2D eigenvalue weighted by Crippen LogP contribution is -2.10. The first-order chi connectivity index (χ1) is 25.8. The predicted molar refractivity (Wildman–Crippen MR) is 219 cm³/mol. The van der Waals surface area contributed by atoms with Crippen molar-refractivity contribution >= 4 is 92.4 Å². The molecule has 0 radical (unpaired) electrons. The molecule has 3 aromatic heterocycles. The first-order valence-electron chi connectivity index (χ1n) is 17.5. The van der Waals surface area contributed by atoms with Gasteiger partial charge < -0.3 is 13.7 Å². The van der Waals surface area contributed by atoms with Crippen LogP contribution in [0.1, 0.15) is 0 Å². The van der Waals surface area contributed by atoms with E-state index in [2.05, 4.69) is 157 Å². The number of nitrogens with zero attached hydrogens (tertiary/aromatic N) is 1. The van der Waals surface area contributed by atoms with Crippen molar-refractivity contribution in [3.8, 4) is 22.3 Å². The minimum atomic E-state index is 0.860. The molecule has 0 amide bonds. The van der Waals surface area contributed by atoms with Gasteiger partial charge in [0.15, 0.2) is 5.58 Å². The fourth-order valence-electron chi connectivity index (χ4n) is 7.91. The van der Waals surface area contributed by atoms with E-state index in [0.29, 0.717) is 0 Å². The second-order valence-electron chi connectivity index (χ2n) is 13.2. The largest absolute Gasteiger partial charge is 0.455 e. The fourth-order valence-corrected chi connectivity index (χ4v) is 9.04. The molecule has 0 atom stereocenters. The summed E-state index contributed by atoms with van der Waals surface area (Å²) < 4.78 is 15.6. The first kappa shape index (κ1) is 29.1. The smallest absolute Gasteiger partial charge is 0.159 e. The molecule has 0 aliphatic carbocycles. The van der Waals surface area contributed by atoms with Gasteiger partial charge in [0.25, 0.3) is 0 Å². The normalized spacial score (nSPS) is 11.8. The number of benzene rings is 8. The van der Waals surface area contributed by atoms with Crippen LogP contribution in [0.15, 0.2) is 185 Å². The van der Waals surface area contributed by atoms with Gasteiger partial charge >= 0.3 is 0 Å². The van der Waals surface area contributed by atoms with Gasteiger partial charge in [0.1, 0.15) is 16.7 Å². The average Bonchev–Trinajstić information content (AvgIpc) is 3.90. The van der Waals surface area contributed by atoms with Crippen LogP contribution in [0.25, 0.3) is 86.3 Å². The Labute approximate surface area is 303 Å². The molecule has 52 heavy (non-hydrogen) atoms. The van der Waals surface area contributed by atoms with Crippen molar-refractivity contribution in [2.45, 2.75) is 0 Å². The number of para-hydroxylation sites is 4. The molecule has 0 bridgehead atoms. The number of fused-ring (bicyclic) bond motifs is 9. The molecule has 3 heterocycles. The summed E-state index contributed by atoms with van der Waals surface area (Å²) in [6, 6.07) is 62.4. The molecule has 0 aliphatic rings. The molecular formula is C48H29NO2S. The zero-order valence-corrected chi connectivity index (χ0v) is 28.7. The van der Waals surface area contributed by atoms with Gasteiger partial charge in [-0.1, -0.05) is 121 Å². The Kier molecular flexibility index (Phi) is 6.42. The van der Waals surface area contributed by atoms with E-state index in [9.17, 15) is 0 Å². The van der Waals surface area contributed by atoms with Crippen molar-refractivity contribution in [2.75, 3.05) is 4.90 Å². The van der Waals surface area contributed by atoms with Crippen LogP contribution >= 0.6 is 11.3 Å². The van der Waals surface area contributed by atoms with E-state index in [4.69, 9.17) is 8.83 Å². The summed E-state index contributed by atoms with van der Waals surface area (Å²) in [6.45, 7) is 0. The SMILES string of the molecule is c1ccc2c(c1)oc1c(-c3ccc(N(c4ccc(-c5cccc6sc7ccccc7c56)cc4)c4cccc5c4oc4ccccc45)cc3)cccc12. The maximum atomic E-state index is 6.60. The van der Waals surface area contributed by atoms with Crippen LogP contribution in [-0.2, 0) is 0 Å². The summed E-state index contributed by atoms with van der Waals surface area (Å²) in [5.41, 5.74) is 11.2. The highest BCUT2D eigenvalue weighted by atomic mass is 32.1. The fraction of sp³-hybridized carbons (Fsp3) is 0. The summed E-state index contributed by atoms with van der Waals surface area (Å²) in [5, 5.41) is 7.09. The van der Waals surface area contributed by atoms with Crippen molar-refractivity contribution < 1.29 is 8.83 Å². The monoisotopic (exact) mass is 683 g/mol. The van der Waals surface area contributed by atoms with Crippen molar-refractivity contribution in [1.29, 1.82) is 0 Å². The first-order valence-corrected chi connectivity index (χ1v) is 18.3. The van der Waals surface area contributed by atoms with Gasteiger partial charge in [-0.2, -0.15) is 0 Å². The minimum absolute atomic E-state index is 0.860. The topological polar surface area (TPSA) is 29.5 Å². The highest BCUT2D eigenvalue weighted by Gasteiger charge is 2.20. The second kappa shape index (κ2) is 11.5. The van der Waals surface area contributed by atoms with Crippen LogP contribution < -0.4 is 4.90 Å². The number of rotatable bonds is 5. The van der Waals surface area contributed by atoms with E-state index in [1.165, 1.54) is 31.3 Å². The van der Waals surface area contributed by atoms with E-state index < -0.39 is 0 Å². The van der Waals surface area contributed by atoms with E-state index in [1.54, 1.807) is 0 Å². The van der Waals surface area contributed by atoms with Gasteiger partial charge in [-0.25, -0.2) is 0 Å². The van der Waals surface area contributed by atoms with Crippen molar-refractivity contribution in [3.05, 3.63) is 176 Å². The number of furan rings is 2. The molecule has 0 fully saturated rings. The van der Waals surface area contributed by atoms with Crippen LogP contribution in [0.2, 0.25) is 0 Å². The minimum Gasteiger partial charge on any atom is -0.455 e. The summed E-state index contributed by atoms with van der Waals surface area (Å²) in [7, 11) is 0. The maximum absolute atomic E-state index is 6.60. The quantitative estimate of drug-likeness (QED) is 0.181. The van der Waals surface area contributed by atoms with Crippen LogP contribution in [0.3, 0.4) is 0 Å². The summed E-state index contributed by atoms with van der Waals surface area (Å²) in [6.07, 6.45) is 0. The molecule has 0 spiro atoms. The van der Waals surface area contributed by atoms with Gasteiger partial charge in [-0.15, -0.1) is 11.3 Å². The van der Waals surface area contributed by atoms with E-state index in [0.717, 1.165) is 72.1 Å². The third-order valence-electron chi connectivity index (χ3n) is 10.3. The number of anilines is 3. The predicted octanol–water partition coefficient (Wildman–Crippen LogP) is 14.7. The Morgan fingerprint density at radius 3 is 1.58 bits per heavy atom. The molecule has 244 valence electrons. The zero-order chi connectivity index (χ0) is 34.2. The highest BCUT2D eigenvalue weighted by Crippen LogP contribution is 2.45. The molecule has 3 nitrogen and oxygen atoms in total. The van der Waals surface area contributed by atoms with E-state index in [-0.39, 0.29) is 0 Å². The lowest BCUT2D eigenvalue weighted by atomic mass is 9.99. The standard InChI is InChI=1S/C48H29NO2S/c1-4-18-42-36(10-1)38-15-7-14-35(47(38)50-42)31-24-28-33(29-25-31)49(41-17-8-16-39-37-11-2-5-19-43(37)51-48(39)41)32-26-22-30(23-27-32)34-13-9-21-45-46(34)40-12-3-6-20-44(40)52-45/h1-29H. The molecular weight excluding hydrogens is 655 g/mol. The van der Waals surface area contributed by atoms with Gasteiger partial charge in [0.05, 0.1) is 5.69 Å². The molecule has 0 aliphatic heterocycles. The van der Waals surface area contributed by atoms with Crippen LogP contribution in [0, 0.1) is 0 Å². The van der Waals surface area contributed by atoms with Gasteiger partial charge in [-0.3, -0.25) is 0 Å². The van der Waals surface area contributed by atoms with E-state index >= 15 is 0 Å². The molecule has 0 unspecified atom stereocenters. The van der Waals surface area contributed by atoms with Crippen molar-refractivity contribution in [2.24, 2.45) is 0 Å². The molecule has 0 saturated carbocycles. The molecule has 0 saturated heterocycles. The van der Waals surface area contributed by atoms with Crippen LogP contribution in [-0.4, -0.2) is 0 Å². The number of hydrogen-bond donors (Lipinski definition) is 0. The lowest BCUT2D eigenvalue weighted by molar-refractivity contribution is 0.669. The Morgan fingerprint density at radius 2 is 0.865 bits per heavy atom. The van der Waals surface area contributed by atoms with E-state index in [1.807, 2.05) is 35.6 Å². The Morgan fingerprint density at radius 1 is 0.365 bits per heavy atom. The third-order valence-corrected chi connectivity index (χ3v) is 11.4. The second-order valence-corrected chi connectivity index (χ2v) is 14.3. The third kappa shape index (κ3) is 4.45. The molecule has 11 aromatic rings. The lowest BCUT2D eigenvalue weighted by Gasteiger charge is -2.26. The van der Waals surface area contributed by atoms with Crippen molar-refractivity contribution in [3.63, 3.8) is 0 Å². The number of thiophene rings is 1. The van der Waals surface area contributed by atoms with Gasteiger partial charge in [-0.05, 0) is 71.3 Å². The summed E-state index contributed by atoms with van der Waals surface area (Å²) in [5.74, 6) is 0. The zero-order valence-electron chi connectivity index (χ0n) is 27.9. The molecule has 11 rings (SSSR count). The molecule has 8 aromatic carbocycles. The number of hydrogen-bond acceptors (Lipinski definition) is 4. The molecule has 4 heteroatoms. The summed E-state index contributed by atoms with van der Waals surface area (Å²) >= 11 is 1.85. The van der Waals surface area contributed by atoms with Crippen LogP contribution in [0.4, 0.5) is 17.1 Å². The Balaban J connectivity index is 1.06. The average molecular weight is 684 g/mol. The van der Waals surface area contributed by atoms with Gasteiger partial charge in [0, 0.05) is 58.7 Å². The maximum Gasteiger partial charge on any atom is 0.159 e. The Bertz CT molecular complexity index is 3130. The Hall–Kier alpha value is -6.62. The van der Waals surface area contributed by atoms with Crippen molar-refractivity contribution in [1.82, 2.24) is 0 Å². The van der Waals surface area contributed by atoms with Gasteiger partial charge in [0.2, 0.25) is 0 Å². The van der Waals surface area contributed by atoms with Crippen LogP contribution in [0.5, 0.6) is 0 Å². The molecule has 0 N–H and O–H groups in total. The summed E-state index contributed by atoms with van der Waals surface area (Å²) in [4.78, 5) is 2.31.